The van der Waals surface area contributed by atoms with Crippen LogP contribution in [0.5, 0.6) is 0 Å². The van der Waals surface area contributed by atoms with Gasteiger partial charge in [0.05, 0.1) is 6.42 Å². The van der Waals surface area contributed by atoms with E-state index in [1.807, 2.05) is 56.6 Å². The van der Waals surface area contributed by atoms with Gasteiger partial charge in [-0.3, -0.25) is 4.79 Å². The Kier molecular flexibility index (Phi) is 3.72. The standard InChI is InChI=1S/C19H20N2O/c1-14-17(16-11-7-8-12-18(16)20(14)2)13-19(22)21(3)15-9-5-4-6-10-15/h4-12H,13H2,1-3H3. The number of aromatic nitrogens is 1. The lowest BCUT2D eigenvalue weighted by Crippen LogP contribution is -2.27. The van der Waals surface area contributed by atoms with Gasteiger partial charge in [-0.2, -0.15) is 0 Å². The van der Waals surface area contributed by atoms with Gasteiger partial charge in [0.25, 0.3) is 0 Å². The Balaban J connectivity index is 1.94. The summed E-state index contributed by atoms with van der Waals surface area (Å²) >= 11 is 0. The fraction of sp³-hybridized carbons (Fsp3) is 0.211. The van der Waals surface area contributed by atoms with E-state index in [2.05, 4.69) is 23.6 Å². The number of carbonyl (C=O) groups excluding carboxylic acids is 1. The van der Waals surface area contributed by atoms with Crippen LogP contribution in [0.25, 0.3) is 10.9 Å². The molecule has 0 N–H and O–H groups in total. The van der Waals surface area contributed by atoms with Crippen LogP contribution < -0.4 is 4.90 Å². The molecule has 3 aromatic rings. The molecule has 2 aromatic carbocycles. The molecule has 1 heterocycles. The number of hydrogen-bond donors (Lipinski definition) is 0. The molecule has 0 saturated heterocycles. The van der Waals surface area contributed by atoms with Gasteiger partial charge in [0, 0.05) is 36.4 Å². The van der Waals surface area contributed by atoms with Gasteiger partial charge in [0.15, 0.2) is 0 Å². The van der Waals surface area contributed by atoms with Gasteiger partial charge < -0.3 is 9.47 Å². The van der Waals surface area contributed by atoms with E-state index in [4.69, 9.17) is 0 Å². The van der Waals surface area contributed by atoms with Crippen LogP contribution in [0.2, 0.25) is 0 Å². The van der Waals surface area contributed by atoms with Crippen molar-refractivity contribution in [3.05, 3.63) is 65.9 Å². The van der Waals surface area contributed by atoms with Crippen molar-refractivity contribution in [2.75, 3.05) is 11.9 Å². The molecule has 112 valence electrons. The zero-order valence-electron chi connectivity index (χ0n) is 13.2. The highest BCUT2D eigenvalue weighted by atomic mass is 16.2. The number of aryl methyl sites for hydroxylation is 1. The minimum absolute atomic E-state index is 0.102. The van der Waals surface area contributed by atoms with E-state index in [1.165, 1.54) is 5.52 Å². The maximum atomic E-state index is 12.6. The molecule has 0 aliphatic rings. The molecule has 3 rings (SSSR count). The molecule has 0 atom stereocenters. The lowest BCUT2D eigenvalue weighted by atomic mass is 10.1. The van der Waals surface area contributed by atoms with E-state index in [0.29, 0.717) is 6.42 Å². The molecule has 0 aliphatic carbocycles. The van der Waals surface area contributed by atoms with Crippen molar-refractivity contribution in [1.29, 1.82) is 0 Å². The number of likely N-dealkylation sites (N-methyl/N-ethyl adjacent to an activating group) is 1. The summed E-state index contributed by atoms with van der Waals surface area (Å²) in [6.45, 7) is 2.07. The Labute approximate surface area is 130 Å². The van der Waals surface area contributed by atoms with Gasteiger partial charge in [-0.05, 0) is 30.7 Å². The van der Waals surface area contributed by atoms with E-state index in [1.54, 1.807) is 4.90 Å². The number of anilines is 1. The van der Waals surface area contributed by atoms with Gasteiger partial charge in [0.1, 0.15) is 0 Å². The number of amides is 1. The van der Waals surface area contributed by atoms with Crippen LogP contribution in [0, 0.1) is 6.92 Å². The lowest BCUT2D eigenvalue weighted by molar-refractivity contribution is -0.117. The average molecular weight is 292 g/mol. The molecule has 1 aromatic heterocycles. The van der Waals surface area contributed by atoms with Gasteiger partial charge in [-0.15, -0.1) is 0 Å². The van der Waals surface area contributed by atoms with Gasteiger partial charge in [-0.25, -0.2) is 0 Å². The van der Waals surface area contributed by atoms with Crippen LogP contribution in [-0.4, -0.2) is 17.5 Å². The summed E-state index contributed by atoms with van der Waals surface area (Å²) in [4.78, 5) is 14.4. The molecule has 0 unspecified atom stereocenters. The SMILES string of the molecule is Cc1c(CC(=O)N(C)c2ccccc2)c2ccccc2n1C. The number of carbonyl (C=O) groups is 1. The summed E-state index contributed by atoms with van der Waals surface area (Å²) in [5.74, 6) is 0.102. The first kappa shape index (κ1) is 14.4. The highest BCUT2D eigenvalue weighted by Gasteiger charge is 2.17. The van der Waals surface area contributed by atoms with E-state index >= 15 is 0 Å². The quantitative estimate of drug-likeness (QED) is 0.722. The molecule has 0 spiro atoms. The molecule has 3 nitrogen and oxygen atoms in total. The van der Waals surface area contributed by atoms with Crippen molar-refractivity contribution < 1.29 is 4.79 Å². The molecular formula is C19H20N2O. The first-order valence-electron chi connectivity index (χ1n) is 7.44. The number of nitrogens with zero attached hydrogens (tertiary/aromatic N) is 2. The minimum Gasteiger partial charge on any atom is -0.348 e. The van der Waals surface area contributed by atoms with E-state index in [-0.39, 0.29) is 5.91 Å². The van der Waals surface area contributed by atoms with Gasteiger partial charge in [0.2, 0.25) is 5.91 Å². The number of fused-ring (bicyclic) bond motifs is 1. The second-order valence-electron chi connectivity index (χ2n) is 5.61. The third-order valence-corrected chi connectivity index (χ3v) is 4.38. The molecule has 3 heteroatoms. The summed E-state index contributed by atoms with van der Waals surface area (Å²) < 4.78 is 2.15. The molecule has 0 aliphatic heterocycles. The van der Waals surface area contributed by atoms with Crippen molar-refractivity contribution >= 4 is 22.5 Å². The summed E-state index contributed by atoms with van der Waals surface area (Å²) in [6.07, 6.45) is 0.415. The maximum Gasteiger partial charge on any atom is 0.231 e. The van der Waals surface area contributed by atoms with Crippen LogP contribution in [0.4, 0.5) is 5.69 Å². The van der Waals surface area contributed by atoms with Crippen LogP contribution in [0.15, 0.2) is 54.6 Å². The van der Waals surface area contributed by atoms with Gasteiger partial charge in [-0.1, -0.05) is 36.4 Å². The molecule has 0 bridgehead atoms. The van der Waals surface area contributed by atoms with Gasteiger partial charge >= 0.3 is 0 Å². The molecule has 0 radical (unpaired) electrons. The smallest absolute Gasteiger partial charge is 0.231 e. The largest absolute Gasteiger partial charge is 0.348 e. The third kappa shape index (κ3) is 2.39. The van der Waals surface area contributed by atoms with Crippen molar-refractivity contribution in [2.24, 2.45) is 7.05 Å². The van der Waals surface area contributed by atoms with Crippen molar-refractivity contribution in [3.8, 4) is 0 Å². The zero-order chi connectivity index (χ0) is 15.7. The third-order valence-electron chi connectivity index (χ3n) is 4.38. The van der Waals surface area contributed by atoms with Crippen molar-refractivity contribution in [1.82, 2.24) is 4.57 Å². The van der Waals surface area contributed by atoms with Crippen LogP contribution in [0.3, 0.4) is 0 Å². The fourth-order valence-electron chi connectivity index (χ4n) is 2.89. The number of hydrogen-bond acceptors (Lipinski definition) is 1. The maximum absolute atomic E-state index is 12.6. The summed E-state index contributed by atoms with van der Waals surface area (Å²) in [5.41, 5.74) is 4.36. The minimum atomic E-state index is 0.102. The molecule has 22 heavy (non-hydrogen) atoms. The topological polar surface area (TPSA) is 25.2 Å². The van der Waals surface area contributed by atoms with Crippen molar-refractivity contribution in [3.63, 3.8) is 0 Å². The highest BCUT2D eigenvalue weighted by Crippen LogP contribution is 2.26. The summed E-state index contributed by atoms with van der Waals surface area (Å²) in [7, 11) is 3.88. The first-order chi connectivity index (χ1) is 10.6. The van der Waals surface area contributed by atoms with E-state index in [0.717, 1.165) is 22.3 Å². The molecule has 1 amide bonds. The highest BCUT2D eigenvalue weighted by molar-refractivity contribution is 5.97. The van der Waals surface area contributed by atoms with Crippen LogP contribution in [-0.2, 0) is 18.3 Å². The molecule has 0 saturated carbocycles. The molecular weight excluding hydrogens is 272 g/mol. The fourth-order valence-corrected chi connectivity index (χ4v) is 2.89. The lowest BCUT2D eigenvalue weighted by Gasteiger charge is -2.17. The predicted octanol–water partition coefficient (Wildman–Crippen LogP) is 3.69. The Bertz CT molecular complexity index is 818. The normalized spacial score (nSPS) is 10.9. The summed E-state index contributed by atoms with van der Waals surface area (Å²) in [5, 5.41) is 1.16. The average Bonchev–Trinajstić information content (AvgIpc) is 2.80. The number of benzene rings is 2. The second kappa shape index (κ2) is 5.68. The van der Waals surface area contributed by atoms with Crippen molar-refractivity contribution in [2.45, 2.75) is 13.3 Å². The van der Waals surface area contributed by atoms with Crippen LogP contribution in [0.1, 0.15) is 11.3 Å². The van der Waals surface area contributed by atoms with E-state index in [9.17, 15) is 4.79 Å². The Hall–Kier alpha value is -2.55. The Morgan fingerprint density at radius 2 is 1.68 bits per heavy atom. The Morgan fingerprint density at radius 1 is 1.05 bits per heavy atom. The first-order valence-corrected chi connectivity index (χ1v) is 7.44. The van der Waals surface area contributed by atoms with Crippen LogP contribution >= 0.6 is 0 Å². The zero-order valence-corrected chi connectivity index (χ0v) is 13.2. The monoisotopic (exact) mass is 292 g/mol. The number of rotatable bonds is 3. The summed E-state index contributed by atoms with van der Waals surface area (Å²) in [6, 6.07) is 18.0. The second-order valence-corrected chi connectivity index (χ2v) is 5.61. The molecule has 0 fully saturated rings. The van der Waals surface area contributed by atoms with E-state index < -0.39 is 0 Å². The predicted molar refractivity (Wildman–Crippen MR) is 91.2 cm³/mol. The number of para-hydroxylation sites is 2. The Morgan fingerprint density at radius 3 is 2.41 bits per heavy atom.